The largest absolute Gasteiger partial charge is 0.508 e. The molecule has 0 aliphatic carbocycles. The van der Waals surface area contributed by atoms with E-state index in [1.165, 1.54) is 4.57 Å². The van der Waals surface area contributed by atoms with Crippen LogP contribution in [-0.4, -0.2) is 22.4 Å². The number of rotatable bonds is 3. The van der Waals surface area contributed by atoms with Crippen LogP contribution in [0.5, 0.6) is 5.75 Å². The van der Waals surface area contributed by atoms with Crippen LogP contribution < -0.4 is 0 Å². The van der Waals surface area contributed by atoms with Gasteiger partial charge in [-0.3, -0.25) is 0 Å². The van der Waals surface area contributed by atoms with Crippen molar-refractivity contribution in [1.29, 1.82) is 0 Å². The molecular formula is C14H17NO3. The molecule has 0 saturated carbocycles. The number of benzene rings is 1. The summed E-state index contributed by atoms with van der Waals surface area (Å²) in [4.78, 5) is 12.0. The number of aryl methyl sites for hydroxylation is 1. The van der Waals surface area contributed by atoms with E-state index in [-0.39, 0.29) is 11.8 Å². The first-order chi connectivity index (χ1) is 8.63. The van der Waals surface area contributed by atoms with Crippen molar-refractivity contribution in [2.24, 2.45) is 0 Å². The predicted molar refractivity (Wildman–Crippen MR) is 70.0 cm³/mol. The van der Waals surface area contributed by atoms with Crippen LogP contribution in [0.1, 0.15) is 25.5 Å². The molecule has 1 aromatic heterocycles. The summed E-state index contributed by atoms with van der Waals surface area (Å²) < 4.78 is 6.74. The van der Waals surface area contributed by atoms with Gasteiger partial charge in [0.2, 0.25) is 0 Å². The molecule has 4 heteroatoms. The zero-order chi connectivity index (χ0) is 13.1. The first-order valence-electron chi connectivity index (χ1n) is 6.11. The summed E-state index contributed by atoms with van der Waals surface area (Å²) in [7, 11) is 0. The van der Waals surface area contributed by atoms with Gasteiger partial charge in [0, 0.05) is 11.1 Å². The number of aromatic hydroxyl groups is 1. The molecule has 2 aromatic rings. The highest BCUT2D eigenvalue weighted by atomic mass is 16.5. The van der Waals surface area contributed by atoms with Gasteiger partial charge in [-0.25, -0.2) is 9.36 Å². The fraction of sp³-hybridized carbons (Fsp3) is 0.357. The first-order valence-corrected chi connectivity index (χ1v) is 6.11. The van der Waals surface area contributed by atoms with Crippen LogP contribution in [0.25, 0.3) is 10.9 Å². The van der Waals surface area contributed by atoms with Crippen LogP contribution in [0.15, 0.2) is 24.3 Å². The van der Waals surface area contributed by atoms with Gasteiger partial charge in [0.15, 0.2) is 0 Å². The van der Waals surface area contributed by atoms with E-state index in [0.717, 1.165) is 29.4 Å². The highest BCUT2D eigenvalue weighted by Gasteiger charge is 2.13. The van der Waals surface area contributed by atoms with Crippen molar-refractivity contribution in [1.82, 2.24) is 4.57 Å². The monoisotopic (exact) mass is 247 g/mol. The van der Waals surface area contributed by atoms with Gasteiger partial charge in [-0.15, -0.1) is 0 Å². The maximum absolute atomic E-state index is 12.0. The summed E-state index contributed by atoms with van der Waals surface area (Å²) in [6.45, 7) is 4.33. The Kier molecular flexibility index (Phi) is 3.55. The van der Waals surface area contributed by atoms with Crippen molar-refractivity contribution < 1.29 is 14.6 Å². The number of aromatic nitrogens is 1. The number of nitrogens with zero attached hydrogens (tertiary/aromatic N) is 1. The number of hydrogen-bond acceptors (Lipinski definition) is 3. The number of ether oxygens (including phenoxy) is 1. The van der Waals surface area contributed by atoms with Gasteiger partial charge in [0.05, 0.1) is 12.1 Å². The normalized spacial score (nSPS) is 10.8. The van der Waals surface area contributed by atoms with Crippen molar-refractivity contribution in [3.05, 3.63) is 30.0 Å². The summed E-state index contributed by atoms with van der Waals surface area (Å²) in [6, 6.07) is 6.78. The standard InChI is InChI=1S/C14H17NO3/c1-3-4-7-18-14(17)15-10(2)8-11-9-12(16)5-6-13(11)15/h5-6,8-9,16H,3-4,7H2,1-2H3. The van der Waals surface area contributed by atoms with Gasteiger partial charge in [-0.05, 0) is 37.6 Å². The Bertz CT molecular complexity index is 572. The lowest BCUT2D eigenvalue weighted by atomic mass is 10.2. The van der Waals surface area contributed by atoms with E-state index < -0.39 is 0 Å². The molecule has 0 fully saturated rings. The van der Waals surface area contributed by atoms with Gasteiger partial charge in [-0.1, -0.05) is 13.3 Å². The second-order valence-electron chi connectivity index (χ2n) is 4.33. The minimum Gasteiger partial charge on any atom is -0.508 e. The lowest BCUT2D eigenvalue weighted by molar-refractivity contribution is 0.147. The number of unbranched alkanes of at least 4 members (excludes halogenated alkanes) is 1. The molecule has 0 atom stereocenters. The smallest absolute Gasteiger partial charge is 0.418 e. The second-order valence-corrected chi connectivity index (χ2v) is 4.33. The lowest BCUT2D eigenvalue weighted by Gasteiger charge is -2.07. The van der Waals surface area contributed by atoms with Gasteiger partial charge >= 0.3 is 6.09 Å². The second kappa shape index (κ2) is 5.12. The summed E-state index contributed by atoms with van der Waals surface area (Å²) in [5.41, 5.74) is 1.56. The Labute approximate surface area is 106 Å². The average molecular weight is 247 g/mol. The maximum atomic E-state index is 12.0. The van der Waals surface area contributed by atoms with Gasteiger partial charge in [0.1, 0.15) is 5.75 Å². The molecule has 0 radical (unpaired) electrons. The zero-order valence-electron chi connectivity index (χ0n) is 10.6. The number of hydrogen-bond donors (Lipinski definition) is 1. The molecule has 0 saturated heterocycles. The first kappa shape index (κ1) is 12.5. The number of phenolic OH excluding ortho intramolecular Hbond substituents is 1. The van der Waals surface area contributed by atoms with Crippen LogP contribution in [0.3, 0.4) is 0 Å². The molecule has 1 N–H and O–H groups in total. The molecule has 96 valence electrons. The third-order valence-electron chi connectivity index (χ3n) is 2.88. The van der Waals surface area contributed by atoms with E-state index >= 15 is 0 Å². The van der Waals surface area contributed by atoms with Crippen LogP contribution in [0.4, 0.5) is 4.79 Å². The van der Waals surface area contributed by atoms with Crippen LogP contribution in [0.2, 0.25) is 0 Å². The Morgan fingerprint density at radius 1 is 1.39 bits per heavy atom. The van der Waals surface area contributed by atoms with Crippen molar-refractivity contribution in [2.45, 2.75) is 26.7 Å². The van der Waals surface area contributed by atoms with Crippen LogP contribution in [0, 0.1) is 6.92 Å². The van der Waals surface area contributed by atoms with E-state index in [1.54, 1.807) is 18.2 Å². The minimum absolute atomic E-state index is 0.194. The minimum atomic E-state index is -0.360. The third kappa shape index (κ3) is 2.32. The quantitative estimate of drug-likeness (QED) is 0.845. The molecule has 0 unspecified atom stereocenters. The molecule has 0 spiro atoms. The van der Waals surface area contributed by atoms with E-state index in [4.69, 9.17) is 4.74 Å². The fourth-order valence-electron chi connectivity index (χ4n) is 1.95. The van der Waals surface area contributed by atoms with Crippen molar-refractivity contribution in [2.75, 3.05) is 6.61 Å². The summed E-state index contributed by atoms with van der Waals surface area (Å²) >= 11 is 0. The molecule has 18 heavy (non-hydrogen) atoms. The number of carbonyl (C=O) groups excluding carboxylic acids is 1. The average Bonchev–Trinajstić information content (AvgIpc) is 2.64. The lowest BCUT2D eigenvalue weighted by Crippen LogP contribution is -2.15. The molecule has 1 heterocycles. The SMILES string of the molecule is CCCCOC(=O)n1c(C)cc2cc(O)ccc21. The Morgan fingerprint density at radius 3 is 2.89 bits per heavy atom. The van der Waals surface area contributed by atoms with Crippen LogP contribution >= 0.6 is 0 Å². The van der Waals surface area contributed by atoms with E-state index in [1.807, 2.05) is 19.9 Å². The van der Waals surface area contributed by atoms with E-state index in [9.17, 15) is 9.90 Å². The fourth-order valence-corrected chi connectivity index (χ4v) is 1.95. The molecule has 0 bridgehead atoms. The summed E-state index contributed by atoms with van der Waals surface area (Å²) in [5.74, 6) is 0.194. The van der Waals surface area contributed by atoms with Gasteiger partial charge in [-0.2, -0.15) is 0 Å². The topological polar surface area (TPSA) is 51.5 Å². The van der Waals surface area contributed by atoms with E-state index in [0.29, 0.717) is 6.61 Å². The highest BCUT2D eigenvalue weighted by molar-refractivity contribution is 5.91. The summed E-state index contributed by atoms with van der Waals surface area (Å²) in [5, 5.41) is 10.3. The number of phenols is 1. The molecule has 1 aromatic carbocycles. The Hall–Kier alpha value is -1.97. The number of fused-ring (bicyclic) bond motifs is 1. The molecule has 0 aliphatic rings. The molecular weight excluding hydrogens is 230 g/mol. The summed E-state index contributed by atoms with van der Waals surface area (Å²) in [6.07, 6.45) is 1.50. The zero-order valence-corrected chi connectivity index (χ0v) is 10.6. The van der Waals surface area contributed by atoms with Gasteiger partial charge < -0.3 is 9.84 Å². The van der Waals surface area contributed by atoms with E-state index in [2.05, 4.69) is 0 Å². The van der Waals surface area contributed by atoms with Crippen molar-refractivity contribution in [3.63, 3.8) is 0 Å². The molecule has 4 nitrogen and oxygen atoms in total. The van der Waals surface area contributed by atoms with Crippen molar-refractivity contribution in [3.8, 4) is 5.75 Å². The number of carbonyl (C=O) groups is 1. The highest BCUT2D eigenvalue weighted by Crippen LogP contribution is 2.23. The molecule has 0 amide bonds. The maximum Gasteiger partial charge on any atom is 0.418 e. The van der Waals surface area contributed by atoms with Gasteiger partial charge in [0.25, 0.3) is 0 Å². The predicted octanol–water partition coefficient (Wildman–Crippen LogP) is 3.44. The molecule has 0 aliphatic heterocycles. The third-order valence-corrected chi connectivity index (χ3v) is 2.88. The Morgan fingerprint density at radius 2 is 2.17 bits per heavy atom. The Balaban J connectivity index is 2.32. The van der Waals surface area contributed by atoms with Crippen LogP contribution in [-0.2, 0) is 4.74 Å². The van der Waals surface area contributed by atoms with Crippen molar-refractivity contribution >= 4 is 17.0 Å². The molecule has 2 rings (SSSR count).